The fourth-order valence-electron chi connectivity index (χ4n) is 4.46. The number of nitrogens with zero attached hydrogens (tertiary/aromatic N) is 3. The van der Waals surface area contributed by atoms with Gasteiger partial charge in [0.2, 0.25) is 0 Å². The van der Waals surface area contributed by atoms with E-state index in [4.69, 9.17) is 14.7 Å². The Bertz CT molecular complexity index is 1470. The summed E-state index contributed by atoms with van der Waals surface area (Å²) in [6.45, 7) is 6.28. The van der Waals surface area contributed by atoms with E-state index in [0.717, 1.165) is 62.4 Å². The van der Waals surface area contributed by atoms with Crippen LogP contribution in [-0.2, 0) is 25.9 Å². The van der Waals surface area contributed by atoms with E-state index < -0.39 is 20.5 Å². The number of hydrogen-bond donors (Lipinski definition) is 2. The van der Waals surface area contributed by atoms with Crippen LogP contribution >= 0.6 is 0 Å². The normalized spacial score (nSPS) is 16.1. The van der Waals surface area contributed by atoms with Crippen LogP contribution in [0.3, 0.4) is 0 Å². The Balaban J connectivity index is 1.41. The van der Waals surface area contributed by atoms with Gasteiger partial charge in [-0.2, -0.15) is 0 Å². The molecule has 1 amide bonds. The largest absolute Gasteiger partial charge is 0.494 e. The summed E-state index contributed by atoms with van der Waals surface area (Å²) in [4.78, 5) is 31.9. The number of benzene rings is 2. The number of rotatable bonds is 11. The standard InChI is InChI=1S/C27H34N4O7S/c1-27(26(33)29-34,39(2,35)36)10-12-31-19-28-24-18-21(6-9-23(24)25(31)32)20-4-7-22(8-5-20)38-15-3-11-30-13-16-37-17-14-30/h4-9,18-19,34H,3,10-17H2,1-2H3,(H,29,33). The highest BCUT2D eigenvalue weighted by Gasteiger charge is 2.43. The van der Waals surface area contributed by atoms with Gasteiger partial charge in [-0.3, -0.25) is 24.3 Å². The molecule has 1 aliphatic heterocycles. The average molecular weight is 559 g/mol. The fourth-order valence-corrected chi connectivity index (χ4v) is 5.31. The predicted molar refractivity (Wildman–Crippen MR) is 147 cm³/mol. The van der Waals surface area contributed by atoms with Crippen LogP contribution in [0.5, 0.6) is 5.75 Å². The van der Waals surface area contributed by atoms with Gasteiger partial charge >= 0.3 is 0 Å². The molecule has 1 fully saturated rings. The molecule has 3 aromatic rings. The average Bonchev–Trinajstić information content (AvgIpc) is 2.94. The van der Waals surface area contributed by atoms with Crippen LogP contribution in [0.2, 0.25) is 0 Å². The third-order valence-corrected chi connectivity index (χ3v) is 9.26. The van der Waals surface area contributed by atoms with Crippen LogP contribution in [0, 0.1) is 0 Å². The van der Waals surface area contributed by atoms with Gasteiger partial charge in [0.1, 0.15) is 5.75 Å². The molecule has 0 spiro atoms. The van der Waals surface area contributed by atoms with Gasteiger partial charge in [0.15, 0.2) is 14.6 Å². The minimum Gasteiger partial charge on any atom is -0.494 e. The lowest BCUT2D eigenvalue weighted by molar-refractivity contribution is -0.131. The zero-order chi connectivity index (χ0) is 28.0. The van der Waals surface area contributed by atoms with Crippen molar-refractivity contribution in [2.45, 2.75) is 31.1 Å². The first-order valence-electron chi connectivity index (χ1n) is 12.8. The van der Waals surface area contributed by atoms with Crippen molar-refractivity contribution in [3.05, 3.63) is 59.1 Å². The molecule has 12 heteroatoms. The van der Waals surface area contributed by atoms with Gasteiger partial charge < -0.3 is 9.47 Å². The Morgan fingerprint density at radius 3 is 2.49 bits per heavy atom. The smallest absolute Gasteiger partial charge is 0.264 e. The number of aryl methyl sites for hydroxylation is 1. The molecule has 0 aliphatic carbocycles. The van der Waals surface area contributed by atoms with Gasteiger partial charge in [0.25, 0.3) is 11.5 Å². The summed E-state index contributed by atoms with van der Waals surface area (Å²) < 4.78 is 35.0. The number of sulfone groups is 1. The van der Waals surface area contributed by atoms with E-state index in [1.165, 1.54) is 23.3 Å². The van der Waals surface area contributed by atoms with Crippen molar-refractivity contribution in [1.29, 1.82) is 0 Å². The lowest BCUT2D eigenvalue weighted by atomic mass is 10.0. The summed E-state index contributed by atoms with van der Waals surface area (Å²) >= 11 is 0. The first-order valence-corrected chi connectivity index (χ1v) is 14.7. The quantitative estimate of drug-likeness (QED) is 0.205. The Morgan fingerprint density at radius 2 is 1.82 bits per heavy atom. The highest BCUT2D eigenvalue weighted by atomic mass is 32.2. The van der Waals surface area contributed by atoms with Gasteiger partial charge in [-0.15, -0.1) is 0 Å². The van der Waals surface area contributed by atoms with Crippen molar-refractivity contribution in [2.75, 3.05) is 45.7 Å². The Hall–Kier alpha value is -3.32. The van der Waals surface area contributed by atoms with E-state index >= 15 is 0 Å². The number of carbonyl (C=O) groups excluding carboxylic acids is 1. The van der Waals surface area contributed by atoms with Crippen molar-refractivity contribution in [3.8, 4) is 16.9 Å². The van der Waals surface area contributed by atoms with Crippen LogP contribution in [0.4, 0.5) is 0 Å². The zero-order valence-corrected chi connectivity index (χ0v) is 22.9. The second-order valence-corrected chi connectivity index (χ2v) is 12.3. The Labute approximate surface area is 227 Å². The number of hydrogen-bond acceptors (Lipinski definition) is 9. The highest BCUT2D eigenvalue weighted by Crippen LogP contribution is 2.25. The SMILES string of the molecule is CC(CCn1cnc2cc(-c3ccc(OCCCN4CCOCC4)cc3)ccc2c1=O)(C(=O)NO)S(C)(=O)=O. The second-order valence-electron chi connectivity index (χ2n) is 9.85. The first-order chi connectivity index (χ1) is 18.6. The minimum absolute atomic E-state index is 0.0750. The van der Waals surface area contributed by atoms with E-state index in [1.807, 2.05) is 36.4 Å². The van der Waals surface area contributed by atoms with E-state index in [9.17, 15) is 18.0 Å². The molecule has 1 unspecified atom stereocenters. The van der Waals surface area contributed by atoms with E-state index in [0.29, 0.717) is 17.5 Å². The number of amides is 1. The van der Waals surface area contributed by atoms with Crippen LogP contribution in [0.15, 0.2) is 53.6 Å². The van der Waals surface area contributed by atoms with Gasteiger partial charge in [0, 0.05) is 32.4 Å². The molecule has 2 N–H and O–H groups in total. The van der Waals surface area contributed by atoms with Crippen LogP contribution in [0.1, 0.15) is 19.8 Å². The van der Waals surface area contributed by atoms with E-state index in [2.05, 4.69) is 9.88 Å². The summed E-state index contributed by atoms with van der Waals surface area (Å²) in [5.41, 5.74) is 3.38. The fraction of sp³-hybridized carbons (Fsp3) is 0.444. The van der Waals surface area contributed by atoms with Gasteiger partial charge in [-0.05, 0) is 55.2 Å². The first kappa shape index (κ1) is 28.7. The molecule has 2 heterocycles. The van der Waals surface area contributed by atoms with Crippen molar-refractivity contribution >= 4 is 26.6 Å². The third kappa shape index (κ3) is 6.64. The van der Waals surface area contributed by atoms with Crippen molar-refractivity contribution in [1.82, 2.24) is 19.9 Å². The Morgan fingerprint density at radius 1 is 1.13 bits per heavy atom. The van der Waals surface area contributed by atoms with Crippen molar-refractivity contribution in [2.24, 2.45) is 0 Å². The lowest BCUT2D eigenvalue weighted by Gasteiger charge is -2.26. The molecule has 39 heavy (non-hydrogen) atoms. The molecule has 4 rings (SSSR count). The number of fused-ring (bicyclic) bond motifs is 1. The maximum absolute atomic E-state index is 13.1. The van der Waals surface area contributed by atoms with Crippen LogP contribution < -0.4 is 15.8 Å². The number of hydroxylamine groups is 1. The van der Waals surface area contributed by atoms with Crippen LogP contribution in [-0.4, -0.2) is 84.4 Å². The van der Waals surface area contributed by atoms with Crippen molar-refractivity contribution < 1.29 is 27.9 Å². The molecule has 1 saturated heterocycles. The molecular formula is C27H34N4O7S. The summed E-state index contributed by atoms with van der Waals surface area (Å²) in [5.74, 6) is -0.264. The summed E-state index contributed by atoms with van der Waals surface area (Å²) in [7, 11) is -3.88. The van der Waals surface area contributed by atoms with E-state index in [1.54, 1.807) is 6.07 Å². The van der Waals surface area contributed by atoms with Gasteiger partial charge in [0.05, 0.1) is 37.1 Å². The molecule has 1 aromatic heterocycles. The lowest BCUT2D eigenvalue weighted by Crippen LogP contribution is -2.50. The number of nitrogens with one attached hydrogen (secondary N) is 1. The minimum atomic E-state index is -3.88. The molecule has 2 aromatic carbocycles. The third-order valence-electron chi connectivity index (χ3n) is 7.23. The van der Waals surface area contributed by atoms with Crippen molar-refractivity contribution in [3.63, 3.8) is 0 Å². The molecule has 1 aliphatic rings. The van der Waals surface area contributed by atoms with E-state index in [-0.39, 0.29) is 18.5 Å². The number of morpholine rings is 1. The molecule has 11 nitrogen and oxygen atoms in total. The molecule has 0 saturated carbocycles. The molecule has 0 bridgehead atoms. The maximum atomic E-state index is 13.1. The summed E-state index contributed by atoms with van der Waals surface area (Å²) in [6, 6.07) is 13.1. The Kier molecular flexibility index (Phi) is 9.01. The molecule has 1 atom stereocenters. The number of ether oxygens (including phenoxy) is 2. The van der Waals surface area contributed by atoms with Gasteiger partial charge in [-0.25, -0.2) is 18.9 Å². The molecular weight excluding hydrogens is 524 g/mol. The zero-order valence-electron chi connectivity index (χ0n) is 22.1. The predicted octanol–water partition coefficient (Wildman–Crippen LogP) is 1.86. The maximum Gasteiger partial charge on any atom is 0.264 e. The summed E-state index contributed by atoms with van der Waals surface area (Å²) in [6.07, 6.45) is 2.97. The topological polar surface area (TPSA) is 140 Å². The highest BCUT2D eigenvalue weighted by molar-refractivity contribution is 7.92. The molecule has 210 valence electrons. The molecule has 0 radical (unpaired) electrons. The number of aromatic nitrogens is 2. The monoisotopic (exact) mass is 558 g/mol. The van der Waals surface area contributed by atoms with Crippen LogP contribution in [0.25, 0.3) is 22.0 Å². The summed E-state index contributed by atoms with van der Waals surface area (Å²) in [5, 5.41) is 9.37. The number of carbonyl (C=O) groups is 1. The van der Waals surface area contributed by atoms with Gasteiger partial charge in [-0.1, -0.05) is 18.2 Å². The second kappa shape index (κ2) is 12.2.